The van der Waals surface area contributed by atoms with Crippen molar-refractivity contribution in [3.8, 4) is 5.75 Å². The van der Waals surface area contributed by atoms with Crippen LogP contribution in [0.25, 0.3) is 0 Å². The predicted octanol–water partition coefficient (Wildman–Crippen LogP) is 5.64. The summed E-state index contributed by atoms with van der Waals surface area (Å²) in [5.74, 6) is -0.389. The van der Waals surface area contributed by atoms with Crippen molar-refractivity contribution in [2.75, 3.05) is 18.0 Å². The van der Waals surface area contributed by atoms with Gasteiger partial charge in [0.1, 0.15) is 18.3 Å². The Bertz CT molecular complexity index is 1440. The first-order valence-corrected chi connectivity index (χ1v) is 15.3. The molecule has 0 aliphatic rings. The van der Waals surface area contributed by atoms with E-state index in [0.29, 0.717) is 10.8 Å². The summed E-state index contributed by atoms with van der Waals surface area (Å²) in [6.07, 6.45) is 0.723. The van der Waals surface area contributed by atoms with Crippen LogP contribution in [0.4, 0.5) is 5.69 Å². The van der Waals surface area contributed by atoms with Crippen molar-refractivity contribution < 1.29 is 22.7 Å². The molecule has 3 rings (SSSR count). The van der Waals surface area contributed by atoms with Gasteiger partial charge in [-0.1, -0.05) is 52.7 Å². The van der Waals surface area contributed by atoms with Gasteiger partial charge in [0.05, 0.1) is 17.7 Å². The lowest BCUT2D eigenvalue weighted by atomic mass is 10.1. The van der Waals surface area contributed by atoms with Gasteiger partial charge in [-0.15, -0.1) is 0 Å². The number of carbonyl (C=O) groups is 2. The predicted molar refractivity (Wildman–Crippen MR) is 161 cm³/mol. The van der Waals surface area contributed by atoms with Crippen LogP contribution in [0.15, 0.2) is 82.2 Å². The highest BCUT2D eigenvalue weighted by Gasteiger charge is 2.33. The van der Waals surface area contributed by atoms with Gasteiger partial charge in [0.15, 0.2) is 0 Å². The molecule has 0 fully saturated rings. The summed E-state index contributed by atoms with van der Waals surface area (Å²) < 4.78 is 34.7. The summed E-state index contributed by atoms with van der Waals surface area (Å²) in [6, 6.07) is 18.6. The van der Waals surface area contributed by atoms with Gasteiger partial charge in [0.25, 0.3) is 10.0 Å². The molecule has 8 nitrogen and oxygen atoms in total. The topological polar surface area (TPSA) is 96.0 Å². The Morgan fingerprint density at radius 2 is 1.70 bits per heavy atom. The zero-order valence-corrected chi connectivity index (χ0v) is 26.0. The monoisotopic (exact) mass is 649 g/mol. The fourth-order valence-electron chi connectivity index (χ4n) is 3.92. The number of hydrogen-bond acceptors (Lipinski definition) is 5. The second-order valence-electron chi connectivity index (χ2n) is 9.31. The van der Waals surface area contributed by atoms with Gasteiger partial charge in [0.2, 0.25) is 11.8 Å². The molecule has 0 aliphatic carbocycles. The van der Waals surface area contributed by atoms with Gasteiger partial charge in [-0.25, -0.2) is 8.42 Å². The van der Waals surface area contributed by atoms with Gasteiger partial charge < -0.3 is 15.0 Å². The number of benzene rings is 3. The van der Waals surface area contributed by atoms with Crippen LogP contribution in [0, 0.1) is 0 Å². The van der Waals surface area contributed by atoms with Gasteiger partial charge in [0, 0.05) is 22.1 Å². The average Bonchev–Trinajstić information content (AvgIpc) is 2.93. The molecule has 3 aromatic carbocycles. The Balaban J connectivity index is 2.03. The molecule has 0 saturated heterocycles. The minimum Gasteiger partial charge on any atom is -0.497 e. The molecule has 0 radical (unpaired) electrons. The number of methoxy groups -OCH3 is 1. The van der Waals surface area contributed by atoms with E-state index in [1.54, 1.807) is 25.1 Å². The third kappa shape index (κ3) is 7.99. The molecule has 2 amide bonds. The number of halogens is 2. The fraction of sp³-hybridized carbons (Fsp3) is 0.310. The maximum atomic E-state index is 14.0. The normalized spacial score (nSPS) is 12.8. The molecule has 0 bridgehead atoms. The highest BCUT2D eigenvalue weighted by atomic mass is 79.9. The van der Waals surface area contributed by atoms with Gasteiger partial charge in [-0.2, -0.15) is 0 Å². The number of amides is 2. The maximum Gasteiger partial charge on any atom is 0.264 e. The third-order valence-corrected chi connectivity index (χ3v) is 8.95. The first-order valence-electron chi connectivity index (χ1n) is 12.7. The lowest BCUT2D eigenvalue weighted by Crippen LogP contribution is -2.52. The highest BCUT2D eigenvalue weighted by Crippen LogP contribution is 2.28. The number of hydrogen-bond donors (Lipinski definition) is 1. The van der Waals surface area contributed by atoms with Crippen molar-refractivity contribution in [3.63, 3.8) is 0 Å². The maximum absolute atomic E-state index is 14.0. The zero-order valence-electron chi connectivity index (χ0n) is 22.8. The minimum absolute atomic E-state index is 0.0258. The van der Waals surface area contributed by atoms with Gasteiger partial charge in [-0.05, 0) is 80.4 Å². The van der Waals surface area contributed by atoms with Crippen LogP contribution < -0.4 is 14.4 Å². The van der Waals surface area contributed by atoms with E-state index in [1.165, 1.54) is 42.3 Å². The fourth-order valence-corrected chi connectivity index (χ4v) is 5.95. The Hall–Kier alpha value is -3.08. The van der Waals surface area contributed by atoms with E-state index in [2.05, 4.69) is 21.2 Å². The van der Waals surface area contributed by atoms with Crippen molar-refractivity contribution >= 4 is 55.1 Å². The molecule has 2 unspecified atom stereocenters. The number of ether oxygens (including phenoxy) is 1. The van der Waals surface area contributed by atoms with Crippen LogP contribution in [0.5, 0.6) is 5.75 Å². The number of rotatable bonds is 12. The van der Waals surface area contributed by atoms with Crippen LogP contribution in [0.3, 0.4) is 0 Å². The molecule has 2 atom stereocenters. The molecule has 3 aromatic rings. The molecule has 0 saturated carbocycles. The van der Waals surface area contributed by atoms with Crippen LogP contribution in [-0.4, -0.2) is 50.9 Å². The Morgan fingerprint density at radius 3 is 2.30 bits per heavy atom. The standard InChI is InChI=1S/C29H33BrClN3O5S/c1-5-20(2)32-29(36)21(3)33(18-22-8-6-9-23(30)16-22)28(35)19-34(25-11-7-10-24(31)17-25)40(37,38)27-14-12-26(39-4)13-15-27/h6-17,20-21H,5,18-19H2,1-4H3,(H,32,36). The summed E-state index contributed by atoms with van der Waals surface area (Å²) in [5.41, 5.74) is 0.994. The number of carbonyl (C=O) groups excluding carboxylic acids is 2. The van der Waals surface area contributed by atoms with Crippen molar-refractivity contribution in [1.82, 2.24) is 10.2 Å². The molecule has 0 aliphatic heterocycles. The lowest BCUT2D eigenvalue weighted by Gasteiger charge is -2.32. The first kappa shape index (κ1) is 31.4. The summed E-state index contributed by atoms with van der Waals surface area (Å²) in [7, 11) is -2.72. The van der Waals surface area contributed by atoms with E-state index in [9.17, 15) is 18.0 Å². The van der Waals surface area contributed by atoms with E-state index in [1.807, 2.05) is 38.1 Å². The number of nitrogens with one attached hydrogen (secondary N) is 1. The van der Waals surface area contributed by atoms with Crippen LogP contribution in [-0.2, 0) is 26.2 Å². The zero-order chi connectivity index (χ0) is 29.4. The summed E-state index contributed by atoms with van der Waals surface area (Å²) in [6.45, 7) is 5.01. The quantitative estimate of drug-likeness (QED) is 0.274. The molecule has 0 heterocycles. The second kappa shape index (κ2) is 14.0. The molecular formula is C29H33BrClN3O5S. The third-order valence-electron chi connectivity index (χ3n) is 6.43. The summed E-state index contributed by atoms with van der Waals surface area (Å²) in [5, 5.41) is 3.23. The molecule has 1 N–H and O–H groups in total. The van der Waals surface area contributed by atoms with E-state index < -0.39 is 28.5 Å². The number of sulfonamides is 1. The Morgan fingerprint density at radius 1 is 1.02 bits per heavy atom. The molecule has 11 heteroatoms. The number of anilines is 1. The van der Waals surface area contributed by atoms with Crippen LogP contribution in [0.2, 0.25) is 5.02 Å². The van der Waals surface area contributed by atoms with Gasteiger partial charge in [-0.3, -0.25) is 13.9 Å². The van der Waals surface area contributed by atoms with Crippen LogP contribution in [0.1, 0.15) is 32.8 Å². The first-order chi connectivity index (χ1) is 19.0. The summed E-state index contributed by atoms with van der Waals surface area (Å²) in [4.78, 5) is 28.4. The van der Waals surface area contributed by atoms with Crippen molar-refractivity contribution in [2.24, 2.45) is 0 Å². The van der Waals surface area contributed by atoms with E-state index in [-0.39, 0.29) is 29.1 Å². The largest absolute Gasteiger partial charge is 0.497 e. The SMILES string of the molecule is CCC(C)NC(=O)C(C)N(Cc1cccc(Br)c1)C(=O)CN(c1cccc(Cl)c1)S(=O)(=O)c1ccc(OC)cc1. The van der Waals surface area contributed by atoms with Gasteiger partial charge >= 0.3 is 0 Å². The Labute approximate surface area is 249 Å². The van der Waals surface area contributed by atoms with Crippen molar-refractivity contribution in [3.05, 3.63) is 87.9 Å². The molecular weight excluding hydrogens is 618 g/mol. The number of nitrogens with zero attached hydrogens (tertiary/aromatic N) is 2. The van der Waals surface area contributed by atoms with E-state index >= 15 is 0 Å². The average molecular weight is 651 g/mol. The van der Waals surface area contributed by atoms with Crippen LogP contribution >= 0.6 is 27.5 Å². The minimum atomic E-state index is -4.21. The smallest absolute Gasteiger partial charge is 0.264 e. The molecule has 214 valence electrons. The van der Waals surface area contributed by atoms with Crippen molar-refractivity contribution in [2.45, 2.75) is 50.7 Å². The summed E-state index contributed by atoms with van der Waals surface area (Å²) >= 11 is 9.65. The molecule has 40 heavy (non-hydrogen) atoms. The second-order valence-corrected chi connectivity index (χ2v) is 12.5. The lowest BCUT2D eigenvalue weighted by molar-refractivity contribution is -0.139. The van der Waals surface area contributed by atoms with E-state index in [0.717, 1.165) is 20.8 Å². The van der Waals surface area contributed by atoms with Crippen molar-refractivity contribution in [1.29, 1.82) is 0 Å². The highest BCUT2D eigenvalue weighted by molar-refractivity contribution is 9.10. The molecule has 0 spiro atoms. The van der Waals surface area contributed by atoms with E-state index in [4.69, 9.17) is 16.3 Å². The molecule has 0 aromatic heterocycles. The Kier molecular flexibility index (Phi) is 11.0.